The van der Waals surface area contributed by atoms with Crippen LogP contribution in [0, 0.1) is 10.1 Å². The number of ether oxygens (including phenoxy) is 1. The van der Waals surface area contributed by atoms with E-state index in [1.54, 1.807) is 25.1 Å². The molecule has 1 unspecified atom stereocenters. The van der Waals surface area contributed by atoms with E-state index in [-0.39, 0.29) is 16.8 Å². The Morgan fingerprint density at radius 3 is 2.48 bits per heavy atom. The van der Waals surface area contributed by atoms with Gasteiger partial charge in [0.25, 0.3) is 11.2 Å². The zero-order valence-corrected chi connectivity index (χ0v) is 17.5. The Hall–Kier alpha value is -3.85. The minimum absolute atomic E-state index is 0.0828. The summed E-state index contributed by atoms with van der Waals surface area (Å²) < 4.78 is 6.86. The van der Waals surface area contributed by atoms with Crippen molar-refractivity contribution in [3.05, 3.63) is 107 Å². The molecule has 1 aliphatic rings. The van der Waals surface area contributed by atoms with Gasteiger partial charge in [0, 0.05) is 12.1 Å². The Morgan fingerprint density at radius 1 is 1.19 bits per heavy atom. The lowest BCUT2D eigenvalue weighted by atomic mass is 9.96. The highest BCUT2D eigenvalue weighted by Crippen LogP contribution is 2.31. The van der Waals surface area contributed by atoms with Crippen LogP contribution in [0.3, 0.4) is 0 Å². The molecule has 1 aliphatic heterocycles. The van der Waals surface area contributed by atoms with Gasteiger partial charge < -0.3 is 4.74 Å². The minimum atomic E-state index is -0.803. The number of carbonyl (C=O) groups is 1. The molecule has 8 nitrogen and oxygen atoms in total. The summed E-state index contributed by atoms with van der Waals surface area (Å²) in [6.07, 6.45) is 1.77. The quantitative estimate of drug-likeness (QED) is 0.355. The Morgan fingerprint density at radius 2 is 1.87 bits per heavy atom. The van der Waals surface area contributed by atoms with Crippen LogP contribution in [0.15, 0.2) is 75.7 Å². The van der Waals surface area contributed by atoms with Gasteiger partial charge in [0.15, 0.2) is 4.80 Å². The van der Waals surface area contributed by atoms with Crippen LogP contribution in [0.1, 0.15) is 24.1 Å². The summed E-state index contributed by atoms with van der Waals surface area (Å²) in [5.74, 6) is -0.609. The first-order chi connectivity index (χ1) is 14.9. The fourth-order valence-electron chi connectivity index (χ4n) is 3.49. The predicted molar refractivity (Wildman–Crippen MR) is 115 cm³/mol. The van der Waals surface area contributed by atoms with Crippen LogP contribution in [0.4, 0.5) is 5.69 Å². The normalized spacial score (nSPS) is 15.9. The van der Waals surface area contributed by atoms with Crippen LogP contribution < -0.4 is 14.9 Å². The molecule has 156 valence electrons. The number of non-ortho nitro benzene ring substituents is 1. The van der Waals surface area contributed by atoms with E-state index in [0.29, 0.717) is 20.6 Å². The highest BCUT2D eigenvalue weighted by molar-refractivity contribution is 7.07. The number of rotatable bonds is 4. The second kappa shape index (κ2) is 8.11. The Labute approximate surface area is 180 Å². The maximum atomic E-state index is 13.3. The van der Waals surface area contributed by atoms with Crippen molar-refractivity contribution < 1.29 is 14.5 Å². The van der Waals surface area contributed by atoms with E-state index >= 15 is 0 Å². The molecule has 9 heteroatoms. The van der Waals surface area contributed by atoms with E-state index in [0.717, 1.165) is 5.56 Å². The van der Waals surface area contributed by atoms with Crippen molar-refractivity contribution in [3.63, 3.8) is 0 Å². The lowest BCUT2D eigenvalue weighted by Crippen LogP contribution is -2.39. The molecule has 0 amide bonds. The van der Waals surface area contributed by atoms with Gasteiger partial charge in [0.05, 0.1) is 33.9 Å². The van der Waals surface area contributed by atoms with E-state index in [1.807, 2.05) is 30.3 Å². The van der Waals surface area contributed by atoms with Gasteiger partial charge in [-0.25, -0.2) is 9.79 Å². The molecule has 2 heterocycles. The standard InChI is InChI=1S/C22H17N3O5S/c1-13-18(21(27)30-2)19(15-8-10-16(11-9-15)25(28)29)24-20(26)17(31-22(24)23-13)12-14-6-4-3-5-7-14/h3-12,19H,1-2H3. The van der Waals surface area contributed by atoms with Crippen LogP contribution >= 0.6 is 11.3 Å². The van der Waals surface area contributed by atoms with Crippen molar-refractivity contribution in [1.82, 2.24) is 4.57 Å². The third kappa shape index (κ3) is 3.71. The monoisotopic (exact) mass is 435 g/mol. The fraction of sp³-hybridized carbons (Fsp3) is 0.136. The lowest BCUT2D eigenvalue weighted by Gasteiger charge is -2.24. The molecule has 0 saturated carbocycles. The molecular formula is C22H17N3O5S. The lowest BCUT2D eigenvalue weighted by molar-refractivity contribution is -0.384. The number of hydrogen-bond acceptors (Lipinski definition) is 7. The van der Waals surface area contributed by atoms with Crippen LogP contribution in [-0.2, 0) is 9.53 Å². The van der Waals surface area contributed by atoms with Crippen molar-refractivity contribution in [2.24, 2.45) is 4.99 Å². The predicted octanol–water partition coefficient (Wildman–Crippen LogP) is 2.32. The van der Waals surface area contributed by atoms with E-state index < -0.39 is 16.9 Å². The molecule has 0 radical (unpaired) electrons. The summed E-state index contributed by atoms with van der Waals surface area (Å²) in [7, 11) is 1.26. The first-order valence-corrected chi connectivity index (χ1v) is 10.1. The molecule has 1 atom stereocenters. The molecule has 0 spiro atoms. The van der Waals surface area contributed by atoms with Crippen LogP contribution in [0.5, 0.6) is 0 Å². The average Bonchev–Trinajstić information content (AvgIpc) is 3.07. The van der Waals surface area contributed by atoms with Crippen molar-refractivity contribution in [3.8, 4) is 0 Å². The molecule has 0 N–H and O–H groups in total. The molecule has 2 aromatic carbocycles. The summed E-state index contributed by atoms with van der Waals surface area (Å²) in [6.45, 7) is 1.68. The maximum absolute atomic E-state index is 13.3. The Kier molecular flexibility index (Phi) is 5.35. The average molecular weight is 435 g/mol. The van der Waals surface area contributed by atoms with Crippen LogP contribution in [0.25, 0.3) is 6.08 Å². The van der Waals surface area contributed by atoms with Crippen LogP contribution in [0.2, 0.25) is 0 Å². The third-order valence-electron chi connectivity index (χ3n) is 4.94. The van der Waals surface area contributed by atoms with Gasteiger partial charge in [-0.3, -0.25) is 19.5 Å². The fourth-order valence-corrected chi connectivity index (χ4v) is 4.53. The highest BCUT2D eigenvalue weighted by atomic mass is 32.1. The number of thiazole rings is 1. The van der Waals surface area contributed by atoms with Gasteiger partial charge in [0.1, 0.15) is 0 Å². The van der Waals surface area contributed by atoms with E-state index in [4.69, 9.17) is 4.74 Å². The van der Waals surface area contributed by atoms with E-state index in [1.165, 1.54) is 35.1 Å². The number of methoxy groups -OCH3 is 1. The number of aromatic nitrogens is 1. The van der Waals surface area contributed by atoms with E-state index in [2.05, 4.69) is 4.99 Å². The van der Waals surface area contributed by atoms with Crippen molar-refractivity contribution >= 4 is 29.1 Å². The van der Waals surface area contributed by atoms with Crippen molar-refractivity contribution in [1.29, 1.82) is 0 Å². The number of benzene rings is 2. The molecule has 0 fully saturated rings. The SMILES string of the molecule is COC(=O)C1=C(C)N=c2sc(=Cc3ccccc3)c(=O)n2C1c1ccc([N+](=O)[O-])cc1. The van der Waals surface area contributed by atoms with Gasteiger partial charge in [-0.2, -0.15) is 0 Å². The largest absolute Gasteiger partial charge is 0.466 e. The molecule has 1 aromatic heterocycles. The van der Waals surface area contributed by atoms with Crippen molar-refractivity contribution in [2.45, 2.75) is 13.0 Å². The number of hydrogen-bond donors (Lipinski definition) is 0. The molecule has 4 rings (SSSR count). The number of fused-ring (bicyclic) bond motifs is 1. The molecule has 0 saturated heterocycles. The second-order valence-electron chi connectivity index (χ2n) is 6.83. The third-order valence-corrected chi connectivity index (χ3v) is 5.93. The zero-order valence-electron chi connectivity index (χ0n) is 16.6. The second-order valence-corrected chi connectivity index (χ2v) is 7.84. The Bertz CT molecular complexity index is 1390. The van der Waals surface area contributed by atoms with Gasteiger partial charge in [0.2, 0.25) is 0 Å². The van der Waals surface area contributed by atoms with Gasteiger partial charge >= 0.3 is 5.97 Å². The molecular weight excluding hydrogens is 418 g/mol. The molecule has 3 aromatic rings. The summed E-state index contributed by atoms with van der Waals surface area (Å²) in [5, 5.41) is 11.0. The van der Waals surface area contributed by atoms with E-state index in [9.17, 15) is 19.7 Å². The number of nitro benzene ring substituents is 1. The number of nitrogens with zero attached hydrogens (tertiary/aromatic N) is 3. The summed E-state index contributed by atoms with van der Waals surface area (Å²) in [6, 6.07) is 14.4. The number of allylic oxidation sites excluding steroid dienone is 1. The molecule has 31 heavy (non-hydrogen) atoms. The number of esters is 1. The smallest absolute Gasteiger partial charge is 0.338 e. The van der Waals surface area contributed by atoms with Gasteiger partial charge in [-0.15, -0.1) is 0 Å². The summed E-state index contributed by atoms with van der Waals surface area (Å²) in [5.41, 5.74) is 1.68. The zero-order chi connectivity index (χ0) is 22.1. The Balaban J connectivity index is 1.96. The molecule has 0 bridgehead atoms. The highest BCUT2D eigenvalue weighted by Gasteiger charge is 2.33. The summed E-state index contributed by atoms with van der Waals surface area (Å²) in [4.78, 5) is 41.4. The van der Waals surface area contributed by atoms with Crippen LogP contribution in [-0.4, -0.2) is 22.6 Å². The molecule has 0 aliphatic carbocycles. The first kappa shape index (κ1) is 20.4. The minimum Gasteiger partial charge on any atom is -0.466 e. The van der Waals surface area contributed by atoms with Gasteiger partial charge in [-0.05, 0) is 36.3 Å². The summed E-state index contributed by atoms with van der Waals surface area (Å²) >= 11 is 1.22. The number of carbonyl (C=O) groups excluding carboxylic acids is 1. The topological polar surface area (TPSA) is 104 Å². The first-order valence-electron chi connectivity index (χ1n) is 9.31. The van der Waals surface area contributed by atoms with Crippen molar-refractivity contribution in [2.75, 3.05) is 7.11 Å². The number of nitro groups is 1. The maximum Gasteiger partial charge on any atom is 0.338 e. The van der Waals surface area contributed by atoms with Gasteiger partial charge in [-0.1, -0.05) is 41.7 Å².